The lowest BCUT2D eigenvalue weighted by Gasteiger charge is -2.30. The Kier molecular flexibility index (Phi) is 5.47. The minimum absolute atomic E-state index is 0.262. The number of allylic oxidation sites excluding steroid dienone is 11. The van der Waals surface area contributed by atoms with Gasteiger partial charge in [0, 0.05) is 27.9 Å². The highest BCUT2D eigenvalue weighted by Crippen LogP contribution is 2.59. The van der Waals surface area contributed by atoms with Gasteiger partial charge in [-0.25, -0.2) is 4.98 Å². The molecule has 0 spiro atoms. The molecule has 188 valence electrons. The zero-order valence-electron chi connectivity index (χ0n) is 21.5. The minimum atomic E-state index is 0.262. The molecule has 8 rings (SSSR count). The summed E-state index contributed by atoms with van der Waals surface area (Å²) in [6, 6.07) is 9.90. The summed E-state index contributed by atoms with van der Waals surface area (Å²) in [6.45, 7) is 0. The van der Waals surface area contributed by atoms with E-state index in [0.29, 0.717) is 23.0 Å². The first-order valence-electron chi connectivity index (χ1n) is 14.2. The fraction of sp³-hybridized carbons (Fsp3) is 0.286. The summed E-state index contributed by atoms with van der Waals surface area (Å²) in [7, 11) is 0. The Morgan fingerprint density at radius 3 is 2.66 bits per heavy atom. The van der Waals surface area contributed by atoms with Crippen LogP contribution in [0.25, 0.3) is 5.57 Å². The average Bonchev–Trinajstić information content (AvgIpc) is 3.54. The third-order valence-corrected chi connectivity index (χ3v) is 10.5. The maximum absolute atomic E-state index is 5.44. The van der Waals surface area contributed by atoms with Crippen molar-refractivity contribution >= 4 is 28.8 Å². The molecule has 5 atom stereocenters. The summed E-state index contributed by atoms with van der Waals surface area (Å²) in [5.41, 5.74) is 8.29. The van der Waals surface area contributed by atoms with Gasteiger partial charge in [-0.05, 0) is 66.5 Å². The number of rotatable bonds is 3. The van der Waals surface area contributed by atoms with Gasteiger partial charge in [-0.15, -0.1) is 11.8 Å². The molecule has 0 saturated heterocycles. The second-order valence-electron chi connectivity index (χ2n) is 11.2. The Hall–Kier alpha value is -3.30. The van der Waals surface area contributed by atoms with E-state index in [4.69, 9.17) is 4.98 Å². The Labute approximate surface area is 229 Å². The zero-order chi connectivity index (χ0) is 25.1. The topological polar surface area (TPSA) is 16.1 Å². The lowest BCUT2D eigenvalue weighted by Crippen LogP contribution is -2.30. The fourth-order valence-electron chi connectivity index (χ4n) is 7.16. The highest BCUT2D eigenvalue weighted by Gasteiger charge is 2.44. The van der Waals surface area contributed by atoms with Crippen molar-refractivity contribution in [2.75, 3.05) is 4.90 Å². The summed E-state index contributed by atoms with van der Waals surface area (Å²) < 4.78 is 0. The van der Waals surface area contributed by atoms with Gasteiger partial charge in [0.05, 0.1) is 17.4 Å². The molecule has 0 bridgehead atoms. The van der Waals surface area contributed by atoms with E-state index in [9.17, 15) is 0 Å². The summed E-state index contributed by atoms with van der Waals surface area (Å²) in [6.07, 6.45) is 35.5. The van der Waals surface area contributed by atoms with Crippen molar-refractivity contribution in [3.8, 4) is 0 Å². The van der Waals surface area contributed by atoms with Crippen LogP contribution in [0.1, 0.15) is 72.2 Å². The number of benzene rings is 1. The third-order valence-electron chi connectivity index (χ3n) is 9.05. The Bertz CT molecular complexity index is 1520. The van der Waals surface area contributed by atoms with Gasteiger partial charge in [0.1, 0.15) is 5.82 Å². The van der Waals surface area contributed by atoms with E-state index >= 15 is 0 Å². The summed E-state index contributed by atoms with van der Waals surface area (Å²) in [5, 5.41) is 0.564. The molecule has 6 aliphatic rings. The highest BCUT2D eigenvalue weighted by molar-refractivity contribution is 8.00. The number of anilines is 2. The molecule has 0 amide bonds. The number of thioether (sulfide) groups is 1. The first-order valence-corrected chi connectivity index (χ1v) is 15.1. The molecule has 2 aliphatic heterocycles. The van der Waals surface area contributed by atoms with Gasteiger partial charge in [0.15, 0.2) is 0 Å². The Morgan fingerprint density at radius 2 is 1.76 bits per heavy atom. The van der Waals surface area contributed by atoms with Crippen LogP contribution in [-0.2, 0) is 0 Å². The van der Waals surface area contributed by atoms with E-state index in [2.05, 4.69) is 120 Å². The SMILES string of the molecule is C1=CCCC(c2cc(C3C=CC=CC3)cc(N3c4c(ccc5c4SC4C=CCCC54)C4C=CC=CC43)n2)=C1. The number of fused-ring (bicyclic) bond motifs is 7. The van der Waals surface area contributed by atoms with E-state index in [-0.39, 0.29) is 6.04 Å². The van der Waals surface area contributed by atoms with Gasteiger partial charge in [0.2, 0.25) is 0 Å². The lowest BCUT2D eigenvalue weighted by molar-refractivity contribution is 0.633. The normalized spacial score (nSPS) is 29.7. The zero-order valence-corrected chi connectivity index (χ0v) is 22.4. The maximum Gasteiger partial charge on any atom is 0.134 e. The number of pyridine rings is 1. The van der Waals surface area contributed by atoms with E-state index in [1.54, 1.807) is 5.56 Å². The van der Waals surface area contributed by atoms with Crippen molar-refractivity contribution in [3.05, 3.63) is 126 Å². The van der Waals surface area contributed by atoms with Crippen LogP contribution in [0.2, 0.25) is 0 Å². The van der Waals surface area contributed by atoms with Crippen LogP contribution in [0.4, 0.5) is 11.5 Å². The number of hydrogen-bond donors (Lipinski definition) is 0. The summed E-state index contributed by atoms with van der Waals surface area (Å²) >= 11 is 2.09. The number of aromatic nitrogens is 1. The lowest BCUT2D eigenvalue weighted by atomic mass is 9.85. The molecule has 0 radical (unpaired) electrons. The molecule has 5 unspecified atom stereocenters. The molecule has 2 nitrogen and oxygen atoms in total. The van der Waals surface area contributed by atoms with E-state index < -0.39 is 0 Å². The van der Waals surface area contributed by atoms with Gasteiger partial charge in [0.25, 0.3) is 0 Å². The second kappa shape index (κ2) is 9.17. The average molecular weight is 513 g/mol. The van der Waals surface area contributed by atoms with Crippen molar-refractivity contribution in [2.45, 2.75) is 66.0 Å². The first kappa shape index (κ1) is 22.7. The Balaban J connectivity index is 1.32. The summed E-state index contributed by atoms with van der Waals surface area (Å²) in [4.78, 5) is 9.53. The molecule has 3 heterocycles. The van der Waals surface area contributed by atoms with Crippen molar-refractivity contribution < 1.29 is 0 Å². The van der Waals surface area contributed by atoms with E-state index in [0.717, 1.165) is 30.8 Å². The minimum Gasteiger partial charge on any atom is -0.317 e. The van der Waals surface area contributed by atoms with Crippen LogP contribution in [-0.4, -0.2) is 16.3 Å². The van der Waals surface area contributed by atoms with Gasteiger partial charge in [-0.1, -0.05) is 91.1 Å². The van der Waals surface area contributed by atoms with Crippen LogP contribution in [0, 0.1) is 0 Å². The standard InChI is InChI=1S/C35H32N2S/c1-3-11-23(12-4-1)25-21-30(24-13-5-2-6-14-24)36-33(22-25)37-31-17-9-7-15-26(31)28-19-20-29-27-16-8-10-18-32(27)38-35(29)34(28)37/h1-5,7,9-11,13,15,17-23,26-27,31-32H,6,8,12,14,16H2. The van der Waals surface area contributed by atoms with Crippen molar-refractivity contribution in [2.24, 2.45) is 0 Å². The molecule has 2 aromatic rings. The predicted molar refractivity (Wildman–Crippen MR) is 160 cm³/mol. The third kappa shape index (κ3) is 3.59. The number of hydrogen-bond acceptors (Lipinski definition) is 3. The Morgan fingerprint density at radius 1 is 0.842 bits per heavy atom. The molecule has 38 heavy (non-hydrogen) atoms. The largest absolute Gasteiger partial charge is 0.317 e. The smallest absolute Gasteiger partial charge is 0.134 e. The van der Waals surface area contributed by atoms with Crippen molar-refractivity contribution in [1.82, 2.24) is 4.98 Å². The highest BCUT2D eigenvalue weighted by atomic mass is 32.2. The monoisotopic (exact) mass is 512 g/mol. The van der Waals surface area contributed by atoms with Crippen LogP contribution < -0.4 is 4.90 Å². The second-order valence-corrected chi connectivity index (χ2v) is 12.4. The van der Waals surface area contributed by atoms with Gasteiger partial charge in [-0.3, -0.25) is 0 Å². The van der Waals surface area contributed by atoms with Gasteiger partial charge >= 0.3 is 0 Å². The molecule has 0 saturated carbocycles. The summed E-state index contributed by atoms with van der Waals surface area (Å²) in [5.74, 6) is 2.49. The van der Waals surface area contributed by atoms with Gasteiger partial charge < -0.3 is 4.90 Å². The molecule has 4 aliphatic carbocycles. The van der Waals surface area contributed by atoms with Crippen LogP contribution in [0.3, 0.4) is 0 Å². The van der Waals surface area contributed by atoms with Crippen LogP contribution in [0.15, 0.2) is 108 Å². The van der Waals surface area contributed by atoms with Crippen molar-refractivity contribution in [3.63, 3.8) is 0 Å². The molecule has 1 aromatic heterocycles. The molecular formula is C35H32N2S. The van der Waals surface area contributed by atoms with Crippen LogP contribution >= 0.6 is 11.8 Å². The van der Waals surface area contributed by atoms with Crippen LogP contribution in [0.5, 0.6) is 0 Å². The quantitative estimate of drug-likeness (QED) is 0.382. The molecule has 1 aromatic carbocycles. The fourth-order valence-corrected chi connectivity index (χ4v) is 8.75. The first-order chi connectivity index (χ1) is 18.8. The van der Waals surface area contributed by atoms with Gasteiger partial charge in [-0.2, -0.15) is 0 Å². The van der Waals surface area contributed by atoms with E-state index in [1.807, 2.05) is 0 Å². The maximum atomic E-state index is 5.44. The number of nitrogens with zero attached hydrogens (tertiary/aromatic N) is 2. The predicted octanol–water partition coefficient (Wildman–Crippen LogP) is 9.05. The van der Waals surface area contributed by atoms with E-state index in [1.165, 1.54) is 40.1 Å². The molecule has 0 N–H and O–H groups in total. The molecular weight excluding hydrogens is 480 g/mol. The van der Waals surface area contributed by atoms with Crippen molar-refractivity contribution in [1.29, 1.82) is 0 Å². The molecule has 0 fully saturated rings. The molecule has 3 heteroatoms.